The van der Waals surface area contributed by atoms with Gasteiger partial charge in [0.15, 0.2) is 10.8 Å². The minimum Gasteiger partial charge on any atom is -0.493 e. The van der Waals surface area contributed by atoms with E-state index in [0.717, 1.165) is 73.0 Å². The number of anilines is 1. The fourth-order valence-electron chi connectivity index (χ4n) is 4.56. The molecule has 0 bridgehead atoms. The second-order valence-corrected chi connectivity index (χ2v) is 9.24. The van der Waals surface area contributed by atoms with Crippen LogP contribution in [0.25, 0.3) is 22.4 Å². The van der Waals surface area contributed by atoms with E-state index in [1.807, 2.05) is 30.5 Å². The van der Waals surface area contributed by atoms with E-state index in [4.69, 9.17) is 14.7 Å². The zero-order valence-corrected chi connectivity index (χ0v) is 18.7. The van der Waals surface area contributed by atoms with Gasteiger partial charge in [0.05, 0.1) is 17.9 Å². The molecule has 1 N–H and O–H groups in total. The lowest BCUT2D eigenvalue weighted by Crippen LogP contribution is -2.13. The molecule has 8 heteroatoms. The molecule has 162 valence electrons. The van der Waals surface area contributed by atoms with Gasteiger partial charge in [0.1, 0.15) is 17.1 Å². The van der Waals surface area contributed by atoms with Crippen molar-refractivity contribution in [1.82, 2.24) is 19.5 Å². The largest absolute Gasteiger partial charge is 0.493 e. The number of carbonyl (C=O) groups excluding carboxylic acids is 1. The van der Waals surface area contributed by atoms with Crippen molar-refractivity contribution in [2.24, 2.45) is 0 Å². The van der Waals surface area contributed by atoms with Crippen LogP contribution in [0.4, 0.5) is 5.13 Å². The van der Waals surface area contributed by atoms with E-state index in [1.165, 1.54) is 23.3 Å². The quantitative estimate of drug-likeness (QED) is 0.491. The van der Waals surface area contributed by atoms with Gasteiger partial charge in [-0.2, -0.15) is 0 Å². The average molecular weight is 446 g/mol. The molecule has 0 fully saturated rings. The summed E-state index contributed by atoms with van der Waals surface area (Å²) in [5.41, 5.74) is 5.95. The zero-order valence-electron chi connectivity index (χ0n) is 17.9. The average Bonchev–Trinajstić information content (AvgIpc) is 3.48. The highest BCUT2D eigenvalue weighted by molar-refractivity contribution is 7.14. The zero-order chi connectivity index (χ0) is 21.7. The van der Waals surface area contributed by atoms with Crippen molar-refractivity contribution in [2.75, 3.05) is 11.9 Å². The first-order valence-corrected chi connectivity index (χ1v) is 11.9. The number of aromatic nitrogens is 4. The van der Waals surface area contributed by atoms with E-state index < -0.39 is 0 Å². The second kappa shape index (κ2) is 7.70. The fourth-order valence-corrected chi connectivity index (χ4v) is 5.28. The van der Waals surface area contributed by atoms with E-state index in [0.29, 0.717) is 16.2 Å². The molecule has 0 atom stereocenters. The lowest BCUT2D eigenvalue weighted by molar-refractivity contribution is 0.102. The van der Waals surface area contributed by atoms with Crippen LogP contribution in [0, 0.1) is 6.92 Å². The Bertz CT molecular complexity index is 1360. The number of hydrogen-bond acceptors (Lipinski definition) is 6. The Morgan fingerprint density at radius 1 is 1.12 bits per heavy atom. The van der Waals surface area contributed by atoms with Gasteiger partial charge in [-0.15, -0.1) is 11.3 Å². The van der Waals surface area contributed by atoms with Crippen LogP contribution >= 0.6 is 11.3 Å². The Labute approximate surface area is 189 Å². The molecule has 5 heterocycles. The summed E-state index contributed by atoms with van der Waals surface area (Å²) in [4.78, 5) is 27.4. The van der Waals surface area contributed by atoms with Crippen molar-refractivity contribution < 1.29 is 9.53 Å². The molecule has 2 aliphatic rings. The van der Waals surface area contributed by atoms with Crippen LogP contribution in [-0.4, -0.2) is 32.0 Å². The van der Waals surface area contributed by atoms with Crippen LogP contribution < -0.4 is 10.1 Å². The molecule has 6 rings (SSSR count). The molecule has 32 heavy (non-hydrogen) atoms. The number of nitrogens with one attached hydrogen (secondary N) is 1. The van der Waals surface area contributed by atoms with Crippen molar-refractivity contribution >= 4 is 33.5 Å². The summed E-state index contributed by atoms with van der Waals surface area (Å²) < 4.78 is 7.78. The Morgan fingerprint density at radius 3 is 3.00 bits per heavy atom. The number of hydrogen-bond donors (Lipinski definition) is 1. The number of thiazole rings is 1. The minimum absolute atomic E-state index is 0.197. The molecule has 1 amide bonds. The lowest BCUT2D eigenvalue weighted by atomic mass is 10.1. The number of benzene rings is 1. The van der Waals surface area contributed by atoms with Gasteiger partial charge >= 0.3 is 0 Å². The first kappa shape index (κ1) is 19.4. The van der Waals surface area contributed by atoms with Gasteiger partial charge in [0, 0.05) is 36.0 Å². The third-order valence-electron chi connectivity index (χ3n) is 6.15. The standard InChI is InChI=1S/C24H23N5O2S/c1-14-11-17(21-22(25-14)29-9-4-2-3-5-20(29)27-21)23(30)28-24-26-18(13-32-24)15-6-7-19-16(12-15)8-10-31-19/h6-7,11-13H,2-5,8-10H2,1H3,(H,26,28,30). The van der Waals surface area contributed by atoms with Crippen molar-refractivity contribution in [3.8, 4) is 17.0 Å². The molecular weight excluding hydrogens is 422 g/mol. The molecule has 0 unspecified atom stereocenters. The molecule has 4 aromatic rings. The summed E-state index contributed by atoms with van der Waals surface area (Å²) in [6.07, 6.45) is 5.29. The molecule has 0 aliphatic carbocycles. The Balaban J connectivity index is 1.30. The van der Waals surface area contributed by atoms with Gasteiger partial charge in [-0.05, 0) is 49.6 Å². The maximum Gasteiger partial charge on any atom is 0.259 e. The molecule has 3 aromatic heterocycles. The topological polar surface area (TPSA) is 81.9 Å². The fraction of sp³-hybridized carbons (Fsp3) is 0.333. The third-order valence-corrected chi connectivity index (χ3v) is 6.90. The number of aryl methyl sites for hydroxylation is 3. The maximum absolute atomic E-state index is 13.2. The smallest absolute Gasteiger partial charge is 0.259 e. The highest BCUT2D eigenvalue weighted by Crippen LogP contribution is 2.32. The molecule has 0 saturated heterocycles. The van der Waals surface area contributed by atoms with Crippen LogP contribution in [0.3, 0.4) is 0 Å². The van der Waals surface area contributed by atoms with Gasteiger partial charge in [-0.25, -0.2) is 15.0 Å². The number of fused-ring (bicyclic) bond motifs is 4. The van der Waals surface area contributed by atoms with Crippen LogP contribution in [0.2, 0.25) is 0 Å². The van der Waals surface area contributed by atoms with Crippen molar-refractivity contribution in [1.29, 1.82) is 0 Å². The molecule has 0 saturated carbocycles. The van der Waals surface area contributed by atoms with Crippen molar-refractivity contribution in [2.45, 2.75) is 45.6 Å². The monoisotopic (exact) mass is 445 g/mol. The van der Waals surface area contributed by atoms with E-state index in [9.17, 15) is 4.79 Å². The van der Waals surface area contributed by atoms with Gasteiger partial charge < -0.3 is 9.30 Å². The van der Waals surface area contributed by atoms with E-state index >= 15 is 0 Å². The van der Waals surface area contributed by atoms with Gasteiger partial charge in [-0.3, -0.25) is 10.1 Å². The Morgan fingerprint density at radius 2 is 2.06 bits per heavy atom. The van der Waals surface area contributed by atoms with E-state index in [2.05, 4.69) is 20.9 Å². The first-order chi connectivity index (χ1) is 15.7. The van der Waals surface area contributed by atoms with Crippen LogP contribution in [0.15, 0.2) is 29.6 Å². The van der Waals surface area contributed by atoms with Crippen LogP contribution in [-0.2, 0) is 19.4 Å². The number of amides is 1. The number of carbonyl (C=O) groups is 1. The predicted octanol–water partition coefficient (Wildman–Crippen LogP) is 4.78. The predicted molar refractivity (Wildman–Crippen MR) is 125 cm³/mol. The van der Waals surface area contributed by atoms with Gasteiger partial charge in [0.2, 0.25) is 0 Å². The Kier molecular flexibility index (Phi) is 4.68. The molecule has 0 spiro atoms. The minimum atomic E-state index is -0.197. The second-order valence-electron chi connectivity index (χ2n) is 8.39. The number of pyridine rings is 1. The maximum atomic E-state index is 13.2. The molecular formula is C24H23N5O2S. The highest BCUT2D eigenvalue weighted by Gasteiger charge is 2.22. The SMILES string of the molecule is Cc1cc(C(=O)Nc2nc(-c3ccc4c(c3)CCO4)cs2)c2nc3n(c2n1)CCCCC3. The summed E-state index contributed by atoms with van der Waals surface area (Å²) in [7, 11) is 0. The molecule has 1 aromatic carbocycles. The van der Waals surface area contributed by atoms with Crippen molar-refractivity contribution in [3.05, 3.63) is 52.3 Å². The number of rotatable bonds is 3. The normalized spacial score (nSPS) is 15.2. The molecule has 7 nitrogen and oxygen atoms in total. The van der Waals surface area contributed by atoms with Crippen LogP contribution in [0.1, 0.15) is 46.7 Å². The molecule has 0 radical (unpaired) electrons. The summed E-state index contributed by atoms with van der Waals surface area (Å²) in [5.74, 6) is 1.78. The number of imidazole rings is 1. The number of ether oxygens (including phenoxy) is 1. The van der Waals surface area contributed by atoms with E-state index in [-0.39, 0.29) is 5.91 Å². The first-order valence-electron chi connectivity index (χ1n) is 11.1. The van der Waals surface area contributed by atoms with Crippen LogP contribution in [0.5, 0.6) is 5.75 Å². The summed E-state index contributed by atoms with van der Waals surface area (Å²) >= 11 is 1.42. The summed E-state index contributed by atoms with van der Waals surface area (Å²) in [6, 6.07) is 7.95. The Hall–Kier alpha value is -3.26. The lowest BCUT2D eigenvalue weighted by Gasteiger charge is -2.06. The van der Waals surface area contributed by atoms with E-state index in [1.54, 1.807) is 0 Å². The van der Waals surface area contributed by atoms with Gasteiger partial charge in [0.25, 0.3) is 5.91 Å². The molecule has 2 aliphatic heterocycles. The number of nitrogens with zero attached hydrogens (tertiary/aromatic N) is 4. The third kappa shape index (κ3) is 3.35. The summed E-state index contributed by atoms with van der Waals surface area (Å²) in [5, 5.41) is 5.53. The van der Waals surface area contributed by atoms with Gasteiger partial charge in [-0.1, -0.05) is 6.42 Å². The highest BCUT2D eigenvalue weighted by atomic mass is 32.1. The summed E-state index contributed by atoms with van der Waals surface area (Å²) in [6.45, 7) is 3.56. The van der Waals surface area contributed by atoms with Crippen molar-refractivity contribution in [3.63, 3.8) is 0 Å².